The van der Waals surface area contributed by atoms with Gasteiger partial charge in [0.2, 0.25) is 5.91 Å². The van der Waals surface area contributed by atoms with Crippen LogP contribution in [0, 0.1) is 30.6 Å². The molecule has 17 heteroatoms. The van der Waals surface area contributed by atoms with Gasteiger partial charge < -0.3 is 30.3 Å². The maximum Gasteiger partial charge on any atom is 0.251 e. The lowest BCUT2D eigenvalue weighted by Crippen LogP contribution is -2.47. The molecule has 10 rings (SSSR count). The molecule has 3 aliphatic heterocycles. The molecule has 4 aliphatic rings. The van der Waals surface area contributed by atoms with Gasteiger partial charge in [-0.3, -0.25) is 33.8 Å². The molecule has 0 bridgehead atoms. The third-order valence-electron chi connectivity index (χ3n) is 19.8. The maximum absolute atomic E-state index is 14.6. The summed E-state index contributed by atoms with van der Waals surface area (Å²) in [5.74, 6) is -0.881. The Labute approximate surface area is 570 Å². The fourth-order valence-corrected chi connectivity index (χ4v) is 15.9. The largest absolute Gasteiger partial charge is 0.391 e. The van der Waals surface area contributed by atoms with Crippen LogP contribution in [-0.2, 0) is 30.5 Å². The van der Waals surface area contributed by atoms with Crippen LogP contribution in [0.2, 0.25) is 5.02 Å². The molecule has 0 saturated carbocycles. The number of allylic oxidation sites excluding steroid dienone is 1. The molecule has 14 nitrogen and oxygen atoms in total. The lowest BCUT2D eigenvalue weighted by atomic mass is 9.69. The van der Waals surface area contributed by atoms with Crippen molar-refractivity contribution in [1.82, 2.24) is 25.0 Å². The molecular weight excluding hydrogens is 1230 g/mol. The predicted octanol–water partition coefficient (Wildman–Crippen LogP) is 14.2. The Kier molecular flexibility index (Phi) is 24.3. The van der Waals surface area contributed by atoms with E-state index in [2.05, 4.69) is 129 Å². The van der Waals surface area contributed by atoms with Crippen LogP contribution >= 0.6 is 34.7 Å². The summed E-state index contributed by atoms with van der Waals surface area (Å²) < 4.78 is 5.59. The predicted molar refractivity (Wildman–Crippen MR) is 382 cm³/mol. The zero-order chi connectivity index (χ0) is 66.5. The molecule has 1 aliphatic carbocycles. The molecule has 3 fully saturated rings. The molecular formula is C77H96ClN7O7S2. The Balaban J connectivity index is 0.691. The number of hydrogen-bond donors (Lipinski definition) is 3. The van der Waals surface area contributed by atoms with Crippen molar-refractivity contribution in [2.75, 3.05) is 88.1 Å². The molecule has 0 radical (unpaired) electrons. The molecule has 500 valence electrons. The van der Waals surface area contributed by atoms with Crippen LogP contribution in [0.3, 0.4) is 0 Å². The number of morpholine rings is 1. The minimum absolute atomic E-state index is 0.0271. The third kappa shape index (κ3) is 19.2. The normalized spacial score (nSPS) is 20.0. The van der Waals surface area contributed by atoms with Crippen LogP contribution in [0.25, 0.3) is 16.0 Å². The van der Waals surface area contributed by atoms with E-state index in [9.17, 15) is 29.1 Å². The number of likely N-dealkylation sites (tertiary alicyclic amines) is 1. The lowest BCUT2D eigenvalue weighted by Gasteiger charge is -2.41. The summed E-state index contributed by atoms with van der Waals surface area (Å²) >= 11 is 9.88. The number of β-amino-alcohol motifs (C(OH)–C–C–N with tert-alkyl or cyclic N) is 1. The second-order valence-electron chi connectivity index (χ2n) is 28.2. The number of carbonyl (C=O) groups is 5. The number of carbonyl (C=O) groups excluding carboxylic acids is 5. The maximum atomic E-state index is 14.6. The van der Waals surface area contributed by atoms with Crippen LogP contribution < -0.4 is 15.5 Å². The number of hydrogen-bond acceptors (Lipinski definition) is 14. The number of halogens is 1. The number of Topliss-reactive ketones (excluding diaryl/α,β-unsaturated/α-hetero) is 3. The summed E-state index contributed by atoms with van der Waals surface area (Å²) in [5.41, 5.74) is 13.0. The number of ketones is 3. The number of benzene rings is 5. The zero-order valence-electron chi connectivity index (χ0n) is 56.1. The summed E-state index contributed by atoms with van der Waals surface area (Å²) in [6.45, 7) is 23.4. The molecule has 6 aromatic rings. The first-order valence-electron chi connectivity index (χ1n) is 33.8. The highest BCUT2D eigenvalue weighted by atomic mass is 35.5. The number of ether oxygens (including phenoxy) is 1. The molecule has 0 spiro atoms. The van der Waals surface area contributed by atoms with Gasteiger partial charge in [-0.25, -0.2) is 4.98 Å². The van der Waals surface area contributed by atoms with Gasteiger partial charge in [-0.2, -0.15) is 0 Å². The third-order valence-corrected chi connectivity index (χ3v) is 22.2. The average molecular weight is 1330 g/mol. The van der Waals surface area contributed by atoms with Crippen molar-refractivity contribution in [3.05, 3.63) is 171 Å². The standard InChI is InChI=1S/C77H96ClN7O7S2/c1-52(56-14-16-58(17-15-56)73-54(3)80-51-94-73)42-72(89)71-45-66(88)49-85(71)75(91)69(76(4,5)6)44-65(87)43-64(86)27-30-77(7)31-28-68(57-18-22-61(78)23-19-57)60(46-77)48-83-33-35-84(36-34-83)63-24-20-59(21-25-63)74(90)79-47-55-13-26-70(53(2)41-55)81-62(29-32-82-37-39-92-40-38-82)50-93-67-11-9-8-10-12-67/h8-26,41,51-52,62,66,69,71,81,88H,27-40,42-50H2,1-7H3,(H,79,90)/t52-,62-,66-,69-,71+,77?/m1/s1. The summed E-state index contributed by atoms with van der Waals surface area (Å²) in [6.07, 6.45) is 3.66. The highest BCUT2D eigenvalue weighted by molar-refractivity contribution is 7.99. The first kappa shape index (κ1) is 70.3. The summed E-state index contributed by atoms with van der Waals surface area (Å²) in [4.78, 5) is 85.6. The van der Waals surface area contributed by atoms with Crippen LogP contribution in [-0.4, -0.2) is 150 Å². The molecule has 5 aromatic carbocycles. The first-order valence-corrected chi connectivity index (χ1v) is 36.1. The Morgan fingerprint density at radius 2 is 1.55 bits per heavy atom. The fraction of sp³-hybridized carbons (Fsp3) is 0.481. The molecule has 3 saturated heterocycles. The SMILES string of the molecule is Cc1cc(CNC(=O)c2ccc(N3CCN(CC4=C(c5ccc(Cl)cc5)CCC(C)(CCC(=O)CC(=O)C[C@H](C(=O)N5C[C@H](O)C[C@H]5C(=O)C[C@@H](C)c5ccc(-c6scnc6C)cc5)C(C)(C)C)C4)CC3)cc2)ccc1N[C@H](CCN1CCOCC1)CSc1ccccc1. The van der Waals surface area contributed by atoms with Gasteiger partial charge in [0, 0.05) is 136 Å². The highest BCUT2D eigenvalue weighted by Crippen LogP contribution is 2.46. The Morgan fingerprint density at radius 1 is 0.840 bits per heavy atom. The number of aromatic nitrogens is 1. The van der Waals surface area contributed by atoms with Crippen LogP contribution in [0.4, 0.5) is 11.4 Å². The molecule has 94 heavy (non-hydrogen) atoms. The van der Waals surface area contributed by atoms with Crippen LogP contribution in [0.5, 0.6) is 0 Å². The number of aliphatic hydroxyl groups is 1. The minimum Gasteiger partial charge on any atom is -0.391 e. The number of rotatable bonds is 28. The van der Waals surface area contributed by atoms with Crippen molar-refractivity contribution >= 4 is 80.8 Å². The van der Waals surface area contributed by atoms with Gasteiger partial charge in [0.05, 0.1) is 47.9 Å². The second-order valence-corrected chi connectivity index (χ2v) is 30.5. The zero-order valence-corrected chi connectivity index (χ0v) is 58.5. The van der Waals surface area contributed by atoms with E-state index in [0.29, 0.717) is 23.6 Å². The minimum atomic E-state index is -0.850. The Bertz CT molecular complexity index is 3580. The van der Waals surface area contributed by atoms with E-state index in [-0.39, 0.29) is 85.2 Å². The Morgan fingerprint density at radius 3 is 2.23 bits per heavy atom. The van der Waals surface area contributed by atoms with Crippen molar-refractivity contribution in [2.24, 2.45) is 16.7 Å². The highest BCUT2D eigenvalue weighted by Gasteiger charge is 2.45. The topological polar surface area (TPSA) is 165 Å². The quantitative estimate of drug-likeness (QED) is 0.0314. The summed E-state index contributed by atoms with van der Waals surface area (Å²) in [7, 11) is 0. The number of anilines is 2. The molecule has 6 atom stereocenters. The van der Waals surface area contributed by atoms with Gasteiger partial charge in [0.1, 0.15) is 11.6 Å². The Hall–Kier alpha value is -6.50. The molecule has 4 heterocycles. The fourth-order valence-electron chi connectivity index (χ4n) is 14.0. The average Bonchev–Trinajstić information content (AvgIpc) is 1.36. The van der Waals surface area contributed by atoms with Crippen molar-refractivity contribution < 1.29 is 33.8 Å². The second kappa shape index (κ2) is 32.5. The van der Waals surface area contributed by atoms with Crippen molar-refractivity contribution in [3.63, 3.8) is 0 Å². The summed E-state index contributed by atoms with van der Waals surface area (Å²) in [6, 6.07) is 40.8. The number of piperazine rings is 1. The monoisotopic (exact) mass is 1330 g/mol. The number of amides is 2. The number of nitrogens with one attached hydrogen (secondary N) is 2. The van der Waals surface area contributed by atoms with Gasteiger partial charge >= 0.3 is 0 Å². The number of aryl methyl sites for hydroxylation is 2. The van der Waals surface area contributed by atoms with Gasteiger partial charge in [0.25, 0.3) is 5.91 Å². The van der Waals surface area contributed by atoms with Gasteiger partial charge in [-0.05, 0) is 151 Å². The molecule has 1 aromatic heterocycles. The van der Waals surface area contributed by atoms with E-state index in [1.165, 1.54) is 26.5 Å². The van der Waals surface area contributed by atoms with E-state index < -0.39 is 23.5 Å². The van der Waals surface area contributed by atoms with E-state index in [1.54, 1.807) is 11.3 Å². The van der Waals surface area contributed by atoms with Crippen LogP contribution in [0.15, 0.2) is 137 Å². The molecule has 3 N–H and O–H groups in total. The molecule has 2 amide bonds. The smallest absolute Gasteiger partial charge is 0.251 e. The van der Waals surface area contributed by atoms with Crippen molar-refractivity contribution in [3.8, 4) is 10.4 Å². The van der Waals surface area contributed by atoms with E-state index in [0.717, 1.165) is 141 Å². The van der Waals surface area contributed by atoms with Gasteiger partial charge in [-0.1, -0.05) is 119 Å². The van der Waals surface area contributed by atoms with Crippen molar-refractivity contribution in [2.45, 2.75) is 148 Å². The first-order chi connectivity index (χ1) is 45.1. The lowest BCUT2D eigenvalue weighted by molar-refractivity contribution is -0.146. The number of aliphatic hydroxyl groups excluding tert-OH is 1. The van der Waals surface area contributed by atoms with Crippen LogP contribution in [0.1, 0.15) is 143 Å². The van der Waals surface area contributed by atoms with E-state index in [4.69, 9.17) is 16.3 Å². The van der Waals surface area contributed by atoms with E-state index in [1.807, 2.05) is 88.3 Å². The number of thiazole rings is 1. The van der Waals surface area contributed by atoms with E-state index >= 15 is 0 Å². The number of nitrogens with zero attached hydrogens (tertiary/aromatic N) is 5. The summed E-state index contributed by atoms with van der Waals surface area (Å²) in [5, 5.41) is 18.6. The van der Waals surface area contributed by atoms with Gasteiger partial charge in [0.15, 0.2) is 5.78 Å². The van der Waals surface area contributed by atoms with Gasteiger partial charge in [-0.15, -0.1) is 23.1 Å². The van der Waals surface area contributed by atoms with Crippen molar-refractivity contribution in [1.29, 1.82) is 0 Å². The molecule has 1 unspecified atom stereocenters. The number of thioether (sulfide) groups is 1.